The van der Waals surface area contributed by atoms with E-state index < -0.39 is 10.0 Å². The maximum absolute atomic E-state index is 12.3. The van der Waals surface area contributed by atoms with E-state index in [0.717, 1.165) is 18.4 Å². The highest BCUT2D eigenvalue weighted by Gasteiger charge is 2.37. The maximum atomic E-state index is 12.3. The monoisotopic (exact) mass is 255 g/mol. The van der Waals surface area contributed by atoms with Crippen LogP contribution in [0.3, 0.4) is 0 Å². The smallest absolute Gasteiger partial charge is 0.260 e. The summed E-state index contributed by atoms with van der Waals surface area (Å²) in [6.45, 7) is 2.71. The third-order valence-corrected chi connectivity index (χ3v) is 4.82. The van der Waals surface area contributed by atoms with Gasteiger partial charge >= 0.3 is 0 Å². The van der Waals surface area contributed by atoms with Crippen molar-refractivity contribution in [2.75, 3.05) is 6.54 Å². The van der Waals surface area contributed by atoms with E-state index in [1.165, 1.54) is 16.6 Å². The minimum Gasteiger partial charge on any atom is -0.326 e. The molecule has 1 aliphatic carbocycles. The molecule has 1 aliphatic rings. The first-order valence-electron chi connectivity index (χ1n) is 5.76. The first-order valence-corrected chi connectivity index (χ1v) is 7.20. The Bertz CT molecular complexity index is 480. The molecule has 0 bridgehead atoms. The normalized spacial score (nSPS) is 16.4. The highest BCUT2D eigenvalue weighted by molar-refractivity contribution is 7.89. The Labute approximate surface area is 102 Å². The molecule has 1 aromatic rings. The summed E-state index contributed by atoms with van der Waals surface area (Å²) in [7, 11) is -3.43. The van der Waals surface area contributed by atoms with Gasteiger partial charge in [-0.2, -0.15) is 4.31 Å². The summed E-state index contributed by atoms with van der Waals surface area (Å²) in [6.07, 6.45) is 3.43. The van der Waals surface area contributed by atoms with Gasteiger partial charge < -0.3 is 5.73 Å². The molecule has 1 heterocycles. The van der Waals surface area contributed by atoms with Crippen LogP contribution in [0.15, 0.2) is 23.4 Å². The van der Waals surface area contributed by atoms with Gasteiger partial charge in [-0.15, -0.1) is 0 Å². The molecule has 0 unspecified atom stereocenters. The lowest BCUT2D eigenvalue weighted by Gasteiger charge is -2.19. The van der Waals surface area contributed by atoms with Crippen molar-refractivity contribution in [3.8, 4) is 0 Å². The Kier molecular flexibility index (Phi) is 3.46. The van der Waals surface area contributed by atoms with E-state index in [4.69, 9.17) is 5.73 Å². The summed E-state index contributed by atoms with van der Waals surface area (Å²) in [4.78, 5) is 3.99. The van der Waals surface area contributed by atoms with Gasteiger partial charge in [0.1, 0.15) is 0 Å². The van der Waals surface area contributed by atoms with Crippen molar-refractivity contribution in [3.63, 3.8) is 0 Å². The zero-order valence-corrected chi connectivity index (χ0v) is 10.7. The quantitative estimate of drug-likeness (QED) is 0.841. The lowest BCUT2D eigenvalue weighted by molar-refractivity contribution is 0.419. The molecule has 17 heavy (non-hydrogen) atoms. The molecule has 5 nitrogen and oxygen atoms in total. The molecule has 0 aliphatic heterocycles. The second-order valence-electron chi connectivity index (χ2n) is 4.15. The second kappa shape index (κ2) is 4.72. The first-order chi connectivity index (χ1) is 8.09. The molecule has 2 rings (SSSR count). The van der Waals surface area contributed by atoms with E-state index in [1.807, 2.05) is 6.92 Å². The minimum absolute atomic E-state index is 0.114. The Morgan fingerprint density at radius 3 is 2.59 bits per heavy atom. The van der Waals surface area contributed by atoms with Crippen molar-refractivity contribution >= 4 is 10.0 Å². The predicted molar refractivity (Wildman–Crippen MR) is 64.7 cm³/mol. The molecule has 0 aromatic carbocycles. The van der Waals surface area contributed by atoms with Crippen LogP contribution in [0, 0.1) is 0 Å². The largest absolute Gasteiger partial charge is 0.326 e. The summed E-state index contributed by atoms with van der Waals surface area (Å²) >= 11 is 0. The Balaban J connectivity index is 2.29. The van der Waals surface area contributed by atoms with Crippen LogP contribution < -0.4 is 5.73 Å². The van der Waals surface area contributed by atoms with Crippen molar-refractivity contribution in [2.45, 2.75) is 37.4 Å². The van der Waals surface area contributed by atoms with Gasteiger partial charge in [-0.3, -0.25) is 0 Å². The zero-order chi connectivity index (χ0) is 12.5. The van der Waals surface area contributed by atoms with E-state index in [-0.39, 0.29) is 11.1 Å². The van der Waals surface area contributed by atoms with E-state index in [0.29, 0.717) is 13.1 Å². The summed E-state index contributed by atoms with van der Waals surface area (Å²) in [5.74, 6) is 0. The molecule has 6 heteroatoms. The van der Waals surface area contributed by atoms with E-state index >= 15 is 0 Å². The Morgan fingerprint density at radius 2 is 2.18 bits per heavy atom. The number of nitrogens with two attached hydrogens (primary N) is 1. The molecule has 94 valence electrons. The summed E-state index contributed by atoms with van der Waals surface area (Å²) < 4.78 is 26.1. The number of hydrogen-bond donors (Lipinski definition) is 1. The van der Waals surface area contributed by atoms with Gasteiger partial charge in [0.15, 0.2) is 5.03 Å². The topological polar surface area (TPSA) is 76.3 Å². The van der Waals surface area contributed by atoms with Crippen LogP contribution in [0.4, 0.5) is 0 Å². The number of nitrogens with zero attached hydrogens (tertiary/aromatic N) is 2. The highest BCUT2D eigenvalue weighted by Crippen LogP contribution is 2.31. The van der Waals surface area contributed by atoms with Crippen LogP contribution in [-0.2, 0) is 16.6 Å². The van der Waals surface area contributed by atoms with Crippen LogP contribution >= 0.6 is 0 Å². The molecule has 1 fully saturated rings. The van der Waals surface area contributed by atoms with Crippen LogP contribution in [0.1, 0.15) is 25.3 Å². The van der Waals surface area contributed by atoms with E-state index in [1.54, 1.807) is 6.07 Å². The number of aromatic nitrogens is 1. The fraction of sp³-hybridized carbons (Fsp3) is 0.545. The molecule has 2 N–H and O–H groups in total. The van der Waals surface area contributed by atoms with Crippen LogP contribution in [0.5, 0.6) is 0 Å². The Hall–Kier alpha value is -0.980. The number of hydrogen-bond acceptors (Lipinski definition) is 4. The van der Waals surface area contributed by atoms with Crippen LogP contribution in [0.2, 0.25) is 0 Å². The van der Waals surface area contributed by atoms with Gasteiger partial charge in [-0.05, 0) is 24.5 Å². The molecule has 0 saturated heterocycles. The fourth-order valence-electron chi connectivity index (χ4n) is 1.79. The zero-order valence-electron chi connectivity index (χ0n) is 9.83. The van der Waals surface area contributed by atoms with E-state index in [9.17, 15) is 8.42 Å². The van der Waals surface area contributed by atoms with Gasteiger partial charge in [0.05, 0.1) is 0 Å². The van der Waals surface area contributed by atoms with Gasteiger partial charge in [0, 0.05) is 25.3 Å². The third-order valence-electron chi connectivity index (χ3n) is 2.87. The lowest BCUT2D eigenvalue weighted by Crippen LogP contribution is -2.33. The average Bonchev–Trinajstić information content (AvgIpc) is 3.14. The minimum atomic E-state index is -3.43. The standard InChI is InChI=1S/C11H17N3O2S/c1-2-14(10-4-5-10)17(15,16)11-6-3-9(7-12)8-13-11/h3,6,8,10H,2,4-5,7,12H2,1H3. The van der Waals surface area contributed by atoms with Gasteiger partial charge in [-0.1, -0.05) is 13.0 Å². The second-order valence-corrected chi connectivity index (χ2v) is 5.99. The molecule has 1 aromatic heterocycles. The summed E-state index contributed by atoms with van der Waals surface area (Å²) in [5.41, 5.74) is 6.29. The molecular weight excluding hydrogens is 238 g/mol. The van der Waals surface area contributed by atoms with Gasteiger partial charge in [0.25, 0.3) is 10.0 Å². The van der Waals surface area contributed by atoms with Gasteiger partial charge in [0.2, 0.25) is 0 Å². The van der Waals surface area contributed by atoms with Gasteiger partial charge in [-0.25, -0.2) is 13.4 Å². The van der Waals surface area contributed by atoms with Crippen molar-refractivity contribution < 1.29 is 8.42 Å². The number of pyridine rings is 1. The SMILES string of the molecule is CCN(C1CC1)S(=O)(=O)c1ccc(CN)cn1. The molecule has 0 atom stereocenters. The van der Waals surface area contributed by atoms with Crippen LogP contribution in [0.25, 0.3) is 0 Å². The molecular formula is C11H17N3O2S. The number of sulfonamides is 1. The van der Waals surface area contributed by atoms with E-state index in [2.05, 4.69) is 4.98 Å². The van der Waals surface area contributed by atoms with Crippen molar-refractivity contribution in [1.82, 2.24) is 9.29 Å². The van der Waals surface area contributed by atoms with Crippen molar-refractivity contribution in [3.05, 3.63) is 23.9 Å². The average molecular weight is 255 g/mol. The van der Waals surface area contributed by atoms with Crippen molar-refractivity contribution in [2.24, 2.45) is 5.73 Å². The summed E-state index contributed by atoms with van der Waals surface area (Å²) in [6, 6.07) is 3.41. The molecule has 1 saturated carbocycles. The summed E-state index contributed by atoms with van der Waals surface area (Å²) in [5, 5.41) is 0.114. The molecule has 0 radical (unpaired) electrons. The maximum Gasteiger partial charge on any atom is 0.260 e. The molecule has 0 amide bonds. The Morgan fingerprint density at radius 1 is 1.47 bits per heavy atom. The first kappa shape index (κ1) is 12.5. The van der Waals surface area contributed by atoms with Crippen molar-refractivity contribution in [1.29, 1.82) is 0 Å². The highest BCUT2D eigenvalue weighted by atomic mass is 32.2. The fourth-order valence-corrected chi connectivity index (χ4v) is 3.40. The lowest BCUT2D eigenvalue weighted by atomic mass is 10.3. The third kappa shape index (κ3) is 2.48. The molecule has 0 spiro atoms. The van der Waals surface area contributed by atoms with Crippen LogP contribution in [-0.4, -0.2) is 30.3 Å². The number of rotatable bonds is 5. The predicted octanol–water partition coefficient (Wildman–Crippen LogP) is 0.713.